The Morgan fingerprint density at radius 3 is 2.57 bits per heavy atom. The van der Waals surface area contributed by atoms with Crippen LogP contribution in [0.1, 0.15) is 18.4 Å². The fourth-order valence-electron chi connectivity index (χ4n) is 2.38. The molecule has 0 bridgehead atoms. The lowest BCUT2D eigenvalue weighted by Crippen LogP contribution is -2.15. The summed E-state index contributed by atoms with van der Waals surface area (Å²) in [6, 6.07) is 9.12. The van der Waals surface area contributed by atoms with E-state index in [2.05, 4.69) is 4.72 Å². The quantitative estimate of drug-likeness (QED) is 0.628. The molecule has 0 aliphatic heterocycles. The molecule has 0 heterocycles. The van der Waals surface area contributed by atoms with Gasteiger partial charge in [-0.2, -0.15) is 0 Å². The highest BCUT2D eigenvalue weighted by Crippen LogP contribution is 2.31. The molecule has 2 aromatic rings. The van der Waals surface area contributed by atoms with Crippen molar-refractivity contribution in [2.24, 2.45) is 0 Å². The molecule has 2 rings (SSSR count). The van der Waals surface area contributed by atoms with E-state index in [0.717, 1.165) is 0 Å². The van der Waals surface area contributed by atoms with Crippen molar-refractivity contribution in [3.05, 3.63) is 53.1 Å². The van der Waals surface area contributed by atoms with E-state index in [4.69, 9.17) is 26.2 Å². The number of carbonyl (C=O) groups is 1. The zero-order valence-corrected chi connectivity index (χ0v) is 16.9. The Bertz CT molecular complexity index is 988. The van der Waals surface area contributed by atoms with Crippen molar-refractivity contribution >= 4 is 39.4 Å². The van der Waals surface area contributed by atoms with Gasteiger partial charge in [-0.15, -0.1) is 0 Å². The van der Waals surface area contributed by atoms with Crippen molar-refractivity contribution in [3.63, 3.8) is 0 Å². The molecule has 0 aliphatic carbocycles. The number of benzene rings is 2. The van der Waals surface area contributed by atoms with Gasteiger partial charge in [-0.3, -0.25) is 9.52 Å². The predicted molar refractivity (Wildman–Crippen MR) is 108 cm³/mol. The number of halogens is 1. The minimum atomic E-state index is -3.99. The number of carboxylic acids is 1. The Morgan fingerprint density at radius 1 is 1.18 bits per heavy atom. The molecule has 0 fully saturated rings. The minimum absolute atomic E-state index is 0.0286. The Labute approximate surface area is 168 Å². The summed E-state index contributed by atoms with van der Waals surface area (Å²) in [5.41, 5.74) is 0.796. The Balaban J connectivity index is 2.38. The van der Waals surface area contributed by atoms with Gasteiger partial charge in [-0.25, -0.2) is 8.42 Å². The van der Waals surface area contributed by atoms with Crippen molar-refractivity contribution in [3.8, 4) is 11.5 Å². The van der Waals surface area contributed by atoms with Crippen LogP contribution in [0.15, 0.2) is 47.4 Å². The fourth-order valence-corrected chi connectivity index (χ4v) is 3.83. The van der Waals surface area contributed by atoms with Gasteiger partial charge in [0.05, 0.1) is 19.9 Å². The van der Waals surface area contributed by atoms with Crippen LogP contribution in [0.2, 0.25) is 5.02 Å². The van der Waals surface area contributed by atoms with Gasteiger partial charge >= 0.3 is 5.97 Å². The van der Waals surface area contributed by atoms with E-state index in [0.29, 0.717) is 28.4 Å². The maximum Gasteiger partial charge on any atom is 0.303 e. The molecule has 0 saturated heterocycles. The van der Waals surface area contributed by atoms with E-state index in [1.807, 2.05) is 0 Å². The molecule has 0 unspecified atom stereocenters. The Morgan fingerprint density at radius 2 is 1.93 bits per heavy atom. The van der Waals surface area contributed by atoms with Gasteiger partial charge in [0.2, 0.25) is 0 Å². The smallest absolute Gasteiger partial charge is 0.303 e. The van der Waals surface area contributed by atoms with Crippen LogP contribution in [0, 0.1) is 0 Å². The number of aliphatic carboxylic acids is 1. The number of carboxylic acid groups (broad SMARTS) is 1. The SMILES string of the molecule is COc1ccc(OC)c(S(=O)(=O)Nc2ccc(Cl)cc2C=CCCC(=O)O)c1. The second-order valence-electron chi connectivity index (χ2n) is 5.69. The molecule has 0 spiro atoms. The summed E-state index contributed by atoms with van der Waals surface area (Å²) in [5, 5.41) is 9.13. The van der Waals surface area contributed by atoms with Crippen LogP contribution in [-0.4, -0.2) is 33.7 Å². The first kappa shape index (κ1) is 21.6. The summed E-state index contributed by atoms with van der Waals surface area (Å²) in [7, 11) is -1.18. The molecule has 28 heavy (non-hydrogen) atoms. The van der Waals surface area contributed by atoms with Gasteiger partial charge in [-0.05, 0) is 42.3 Å². The molecule has 0 saturated carbocycles. The van der Waals surface area contributed by atoms with Crippen molar-refractivity contribution in [2.75, 3.05) is 18.9 Å². The Kier molecular flexibility index (Phi) is 7.31. The third-order valence-corrected chi connectivity index (χ3v) is 5.36. The van der Waals surface area contributed by atoms with E-state index in [-0.39, 0.29) is 17.1 Å². The molecule has 0 aliphatic rings. The highest BCUT2D eigenvalue weighted by Gasteiger charge is 2.21. The number of hydrogen-bond donors (Lipinski definition) is 2. The molecule has 2 N–H and O–H groups in total. The number of rotatable bonds is 9. The largest absolute Gasteiger partial charge is 0.497 e. The molecule has 150 valence electrons. The molecule has 9 heteroatoms. The normalized spacial score (nSPS) is 11.4. The third kappa shape index (κ3) is 5.64. The number of ether oxygens (including phenoxy) is 2. The van der Waals surface area contributed by atoms with Crippen LogP contribution in [0.25, 0.3) is 6.08 Å². The van der Waals surface area contributed by atoms with E-state index in [1.165, 1.54) is 32.4 Å². The second kappa shape index (κ2) is 9.48. The fraction of sp³-hybridized carbons (Fsp3) is 0.211. The van der Waals surface area contributed by atoms with Gasteiger partial charge < -0.3 is 14.6 Å². The molecular weight excluding hydrogens is 406 g/mol. The number of methoxy groups -OCH3 is 2. The van der Waals surface area contributed by atoms with E-state index in [9.17, 15) is 13.2 Å². The number of allylic oxidation sites excluding steroid dienone is 1. The van der Waals surface area contributed by atoms with E-state index < -0.39 is 16.0 Å². The molecule has 0 amide bonds. The number of anilines is 1. The van der Waals surface area contributed by atoms with Crippen LogP contribution in [0.4, 0.5) is 5.69 Å². The van der Waals surface area contributed by atoms with Crippen molar-refractivity contribution in [1.82, 2.24) is 0 Å². The van der Waals surface area contributed by atoms with Crippen LogP contribution >= 0.6 is 11.6 Å². The minimum Gasteiger partial charge on any atom is -0.497 e. The zero-order chi connectivity index (χ0) is 20.7. The lowest BCUT2D eigenvalue weighted by Gasteiger charge is -2.14. The lowest BCUT2D eigenvalue weighted by molar-refractivity contribution is -0.136. The molecular formula is C19H20ClNO6S. The molecule has 0 atom stereocenters. The van der Waals surface area contributed by atoms with Crippen LogP contribution in [-0.2, 0) is 14.8 Å². The van der Waals surface area contributed by atoms with Crippen molar-refractivity contribution < 1.29 is 27.8 Å². The number of nitrogens with one attached hydrogen (secondary N) is 1. The van der Waals surface area contributed by atoms with Crippen molar-refractivity contribution in [2.45, 2.75) is 17.7 Å². The van der Waals surface area contributed by atoms with Gasteiger partial charge in [0.15, 0.2) is 0 Å². The highest BCUT2D eigenvalue weighted by atomic mass is 35.5. The first-order valence-corrected chi connectivity index (χ1v) is 10.1. The van der Waals surface area contributed by atoms with Crippen molar-refractivity contribution in [1.29, 1.82) is 0 Å². The first-order valence-electron chi connectivity index (χ1n) is 8.19. The average molecular weight is 426 g/mol. The molecule has 0 radical (unpaired) electrons. The van der Waals surface area contributed by atoms with E-state index in [1.54, 1.807) is 30.4 Å². The Hall–Kier alpha value is -2.71. The van der Waals surface area contributed by atoms with Crippen LogP contribution in [0.5, 0.6) is 11.5 Å². The lowest BCUT2D eigenvalue weighted by atomic mass is 10.1. The molecule has 2 aromatic carbocycles. The van der Waals surface area contributed by atoms with Gasteiger partial charge in [0.25, 0.3) is 10.0 Å². The maximum atomic E-state index is 12.9. The van der Waals surface area contributed by atoms with Gasteiger partial charge in [0, 0.05) is 17.5 Å². The summed E-state index contributed by atoms with van der Waals surface area (Å²) in [6.45, 7) is 0. The standard InChI is InChI=1S/C19H20ClNO6S/c1-26-15-8-10-17(27-2)18(12-15)28(24,25)21-16-9-7-14(20)11-13(16)5-3-4-6-19(22)23/h3,5,7-12,21H,4,6H2,1-2H3,(H,22,23). The predicted octanol–water partition coefficient (Wildman–Crippen LogP) is 4.04. The topological polar surface area (TPSA) is 102 Å². The van der Waals surface area contributed by atoms with E-state index >= 15 is 0 Å². The average Bonchev–Trinajstić information content (AvgIpc) is 2.66. The summed E-state index contributed by atoms with van der Waals surface area (Å²) in [6.07, 6.45) is 3.54. The maximum absolute atomic E-state index is 12.9. The van der Waals surface area contributed by atoms with Crippen LogP contribution in [0.3, 0.4) is 0 Å². The zero-order valence-electron chi connectivity index (χ0n) is 15.3. The molecule has 7 nitrogen and oxygen atoms in total. The number of sulfonamides is 1. The second-order valence-corrected chi connectivity index (χ2v) is 7.78. The van der Waals surface area contributed by atoms with Gasteiger partial charge in [-0.1, -0.05) is 23.8 Å². The third-order valence-electron chi connectivity index (χ3n) is 3.74. The summed E-state index contributed by atoms with van der Waals surface area (Å²) < 4.78 is 38.6. The molecule has 0 aromatic heterocycles. The highest BCUT2D eigenvalue weighted by molar-refractivity contribution is 7.92. The van der Waals surface area contributed by atoms with Crippen LogP contribution < -0.4 is 14.2 Å². The summed E-state index contributed by atoms with van der Waals surface area (Å²) in [4.78, 5) is 10.5. The first-order chi connectivity index (χ1) is 13.3. The van der Waals surface area contributed by atoms with Gasteiger partial charge in [0.1, 0.15) is 16.4 Å². The monoisotopic (exact) mass is 425 g/mol. The summed E-state index contributed by atoms with van der Waals surface area (Å²) in [5.74, 6) is -0.381. The summed E-state index contributed by atoms with van der Waals surface area (Å²) >= 11 is 6.01. The number of hydrogen-bond acceptors (Lipinski definition) is 5.